The first kappa shape index (κ1) is 17.1. The average Bonchev–Trinajstić information content (AvgIpc) is 3.08. The van der Waals surface area contributed by atoms with Gasteiger partial charge in [-0.3, -0.25) is 4.79 Å². The topological polar surface area (TPSA) is 85.3 Å². The zero-order valence-electron chi connectivity index (χ0n) is 14.3. The highest BCUT2D eigenvalue weighted by atomic mass is 35.5. The summed E-state index contributed by atoms with van der Waals surface area (Å²) in [4.78, 5) is 16.6. The van der Waals surface area contributed by atoms with Crippen LogP contribution in [0.25, 0.3) is 16.8 Å². The lowest BCUT2D eigenvalue weighted by atomic mass is 10.1. The fourth-order valence-corrected chi connectivity index (χ4v) is 3.13. The van der Waals surface area contributed by atoms with E-state index >= 15 is 0 Å². The van der Waals surface area contributed by atoms with Crippen LogP contribution in [0.3, 0.4) is 0 Å². The Hall–Kier alpha value is -3.38. The van der Waals surface area contributed by atoms with Gasteiger partial charge in [0.2, 0.25) is 5.91 Å². The Morgan fingerprint density at radius 3 is 2.81 bits per heavy atom. The summed E-state index contributed by atoms with van der Waals surface area (Å²) in [5.74, 6) is -0.159. The number of halogens is 1. The smallest absolute Gasteiger partial charge is 0.228 e. The van der Waals surface area contributed by atoms with Gasteiger partial charge in [-0.1, -0.05) is 35.9 Å². The fourth-order valence-electron chi connectivity index (χ4n) is 2.92. The molecule has 0 saturated carbocycles. The first-order chi connectivity index (χ1) is 13.1. The van der Waals surface area contributed by atoms with Gasteiger partial charge in [-0.25, -0.2) is 9.50 Å². The van der Waals surface area contributed by atoms with Crippen LogP contribution in [-0.4, -0.2) is 20.5 Å². The molecule has 27 heavy (non-hydrogen) atoms. The third kappa shape index (κ3) is 3.47. The Morgan fingerprint density at radius 2 is 2.00 bits per heavy atom. The number of benzene rings is 2. The predicted octanol–water partition coefficient (Wildman–Crippen LogP) is 3.81. The molecule has 2 aromatic carbocycles. The maximum atomic E-state index is 12.3. The molecule has 0 spiro atoms. The van der Waals surface area contributed by atoms with Crippen LogP contribution in [0.5, 0.6) is 0 Å². The minimum atomic E-state index is -0.159. The van der Waals surface area contributed by atoms with Crippen molar-refractivity contribution in [2.24, 2.45) is 0 Å². The quantitative estimate of drug-likeness (QED) is 0.529. The van der Waals surface area contributed by atoms with Crippen LogP contribution in [0.15, 0.2) is 67.1 Å². The van der Waals surface area contributed by atoms with Crippen molar-refractivity contribution in [3.8, 4) is 11.1 Å². The number of anilines is 2. The number of carbonyl (C=O) groups is 1. The minimum absolute atomic E-state index is 0.159. The van der Waals surface area contributed by atoms with Crippen LogP contribution in [-0.2, 0) is 11.2 Å². The van der Waals surface area contributed by atoms with E-state index in [1.165, 1.54) is 0 Å². The molecule has 7 heteroatoms. The molecule has 0 saturated heterocycles. The van der Waals surface area contributed by atoms with Gasteiger partial charge in [0.05, 0.1) is 12.6 Å². The molecule has 6 nitrogen and oxygen atoms in total. The number of rotatable bonds is 4. The van der Waals surface area contributed by atoms with Crippen molar-refractivity contribution in [3.63, 3.8) is 0 Å². The molecule has 2 heterocycles. The molecule has 1 amide bonds. The first-order valence-corrected chi connectivity index (χ1v) is 8.71. The van der Waals surface area contributed by atoms with E-state index in [0.717, 1.165) is 22.3 Å². The number of nitrogen functional groups attached to an aromatic ring is 1. The van der Waals surface area contributed by atoms with Crippen LogP contribution in [0.1, 0.15) is 5.56 Å². The third-order valence-corrected chi connectivity index (χ3v) is 4.58. The van der Waals surface area contributed by atoms with Gasteiger partial charge in [0.25, 0.3) is 0 Å². The van der Waals surface area contributed by atoms with Crippen molar-refractivity contribution < 1.29 is 4.79 Å². The van der Waals surface area contributed by atoms with Gasteiger partial charge < -0.3 is 11.1 Å². The third-order valence-electron chi connectivity index (χ3n) is 4.21. The molecule has 4 aromatic rings. The minimum Gasteiger partial charge on any atom is -0.398 e. The molecule has 134 valence electrons. The number of amides is 1. The van der Waals surface area contributed by atoms with E-state index in [1.807, 2.05) is 42.6 Å². The Kier molecular flexibility index (Phi) is 4.48. The number of hydrogen-bond acceptors (Lipinski definition) is 4. The van der Waals surface area contributed by atoms with Crippen molar-refractivity contribution in [1.29, 1.82) is 0 Å². The van der Waals surface area contributed by atoms with E-state index in [4.69, 9.17) is 17.3 Å². The fraction of sp³-hybridized carbons (Fsp3) is 0.0500. The zero-order valence-corrected chi connectivity index (χ0v) is 15.0. The Balaban J connectivity index is 1.55. The number of hydrogen-bond donors (Lipinski definition) is 2. The Bertz CT molecular complexity index is 1140. The maximum Gasteiger partial charge on any atom is 0.228 e. The second kappa shape index (κ2) is 7.09. The highest BCUT2D eigenvalue weighted by molar-refractivity contribution is 6.31. The van der Waals surface area contributed by atoms with Crippen LogP contribution < -0.4 is 11.1 Å². The lowest BCUT2D eigenvalue weighted by Crippen LogP contribution is -2.14. The van der Waals surface area contributed by atoms with Crippen molar-refractivity contribution in [3.05, 3.63) is 77.7 Å². The molecule has 0 unspecified atom stereocenters. The lowest BCUT2D eigenvalue weighted by molar-refractivity contribution is -0.115. The maximum absolute atomic E-state index is 12.3. The number of nitrogens with one attached hydrogen (secondary N) is 1. The van der Waals surface area contributed by atoms with Crippen molar-refractivity contribution in [2.45, 2.75) is 6.42 Å². The SMILES string of the molecule is Nc1cc(NC(=O)Cc2ccccc2Cl)ccc1-c1cnn2cccnc12. The molecule has 0 fully saturated rings. The summed E-state index contributed by atoms with van der Waals surface area (Å²) in [6.45, 7) is 0. The van der Waals surface area contributed by atoms with E-state index in [-0.39, 0.29) is 12.3 Å². The van der Waals surface area contributed by atoms with E-state index in [1.54, 1.807) is 29.0 Å². The largest absolute Gasteiger partial charge is 0.398 e. The zero-order chi connectivity index (χ0) is 18.8. The second-order valence-electron chi connectivity index (χ2n) is 6.06. The predicted molar refractivity (Wildman–Crippen MR) is 107 cm³/mol. The summed E-state index contributed by atoms with van der Waals surface area (Å²) in [6.07, 6.45) is 5.45. The molecule has 0 atom stereocenters. The number of carbonyl (C=O) groups excluding carboxylic acids is 1. The molecule has 0 aliphatic heterocycles. The van der Waals surface area contributed by atoms with Gasteiger partial charge in [-0.15, -0.1) is 0 Å². The summed E-state index contributed by atoms with van der Waals surface area (Å²) in [5, 5.41) is 7.70. The van der Waals surface area contributed by atoms with Gasteiger partial charge in [-0.2, -0.15) is 5.10 Å². The summed E-state index contributed by atoms with van der Waals surface area (Å²) >= 11 is 6.11. The highest BCUT2D eigenvalue weighted by Crippen LogP contribution is 2.30. The molecule has 0 bridgehead atoms. The number of nitrogens with zero attached hydrogens (tertiary/aromatic N) is 3. The normalized spacial score (nSPS) is 10.9. The average molecular weight is 378 g/mol. The molecule has 3 N–H and O–H groups in total. The molecular formula is C20H16ClN5O. The monoisotopic (exact) mass is 377 g/mol. The number of fused-ring (bicyclic) bond motifs is 1. The van der Waals surface area contributed by atoms with Gasteiger partial charge in [0.15, 0.2) is 5.65 Å². The highest BCUT2D eigenvalue weighted by Gasteiger charge is 2.12. The van der Waals surface area contributed by atoms with Crippen LogP contribution >= 0.6 is 11.6 Å². The summed E-state index contributed by atoms with van der Waals surface area (Å²) in [6, 6.07) is 14.5. The molecule has 0 radical (unpaired) electrons. The Labute approximate surface area is 160 Å². The summed E-state index contributed by atoms with van der Waals surface area (Å²) in [5.41, 5.74) is 10.5. The molecule has 2 aromatic heterocycles. The van der Waals surface area contributed by atoms with Gasteiger partial charge >= 0.3 is 0 Å². The van der Waals surface area contributed by atoms with Crippen LogP contribution in [0.2, 0.25) is 5.02 Å². The van der Waals surface area contributed by atoms with E-state index in [9.17, 15) is 4.79 Å². The first-order valence-electron chi connectivity index (χ1n) is 8.33. The molecule has 0 aliphatic rings. The molecule has 0 aliphatic carbocycles. The number of aromatic nitrogens is 3. The van der Waals surface area contributed by atoms with Gasteiger partial charge in [0.1, 0.15) is 0 Å². The Morgan fingerprint density at radius 1 is 1.15 bits per heavy atom. The second-order valence-corrected chi connectivity index (χ2v) is 6.47. The van der Waals surface area contributed by atoms with Gasteiger partial charge in [-0.05, 0) is 29.8 Å². The van der Waals surface area contributed by atoms with E-state index in [0.29, 0.717) is 16.4 Å². The van der Waals surface area contributed by atoms with Gasteiger partial charge in [0, 0.05) is 39.9 Å². The van der Waals surface area contributed by atoms with Crippen LogP contribution in [0, 0.1) is 0 Å². The standard InChI is InChI=1S/C20H16ClN5O/c21-17-5-2-1-4-13(17)10-19(27)25-14-6-7-15(18(22)11-14)16-12-24-26-9-3-8-23-20(16)26/h1-9,11-12H,10,22H2,(H,25,27). The van der Waals surface area contributed by atoms with Crippen molar-refractivity contribution >= 4 is 34.5 Å². The van der Waals surface area contributed by atoms with E-state index < -0.39 is 0 Å². The summed E-state index contributed by atoms with van der Waals surface area (Å²) < 4.78 is 1.69. The van der Waals surface area contributed by atoms with E-state index in [2.05, 4.69) is 15.4 Å². The van der Waals surface area contributed by atoms with Crippen LogP contribution in [0.4, 0.5) is 11.4 Å². The summed E-state index contributed by atoms with van der Waals surface area (Å²) in [7, 11) is 0. The molecular weight excluding hydrogens is 362 g/mol. The molecule has 4 rings (SSSR count). The van der Waals surface area contributed by atoms with Crippen molar-refractivity contribution in [2.75, 3.05) is 11.1 Å². The lowest BCUT2D eigenvalue weighted by Gasteiger charge is -2.10. The van der Waals surface area contributed by atoms with Crippen molar-refractivity contribution in [1.82, 2.24) is 14.6 Å². The number of nitrogens with two attached hydrogens (primary N) is 1.